The lowest BCUT2D eigenvalue weighted by atomic mass is 10.0. The molecule has 0 aliphatic rings. The number of allylic oxidation sites excluding steroid dienone is 7. The van der Waals surface area contributed by atoms with E-state index in [4.69, 9.17) is 9.05 Å². The third-order valence-corrected chi connectivity index (χ3v) is 13.0. The number of likely N-dealkylation sites (N-methyl/N-ethyl adjacent to an activating group) is 1. The van der Waals surface area contributed by atoms with E-state index in [1.54, 1.807) is 6.08 Å². The molecule has 0 aromatic carbocycles. The number of phosphoric acid groups is 1. The van der Waals surface area contributed by atoms with Crippen LogP contribution in [0.25, 0.3) is 0 Å². The van der Waals surface area contributed by atoms with Crippen molar-refractivity contribution < 1.29 is 32.9 Å². The van der Waals surface area contributed by atoms with E-state index in [1.165, 1.54) is 180 Å². The molecule has 1 amide bonds. The zero-order chi connectivity index (χ0) is 47.1. The predicted octanol–water partition coefficient (Wildman–Crippen LogP) is 16.0. The van der Waals surface area contributed by atoms with Gasteiger partial charge in [0.15, 0.2) is 0 Å². The topological polar surface area (TPSA) is 105 Å². The monoisotopic (exact) mass is 922 g/mol. The molecular formula is C55H106N2O6P+. The van der Waals surface area contributed by atoms with Gasteiger partial charge in [0.2, 0.25) is 5.91 Å². The van der Waals surface area contributed by atoms with Gasteiger partial charge in [0.05, 0.1) is 39.9 Å². The van der Waals surface area contributed by atoms with E-state index in [1.807, 2.05) is 27.2 Å². The van der Waals surface area contributed by atoms with Crippen molar-refractivity contribution in [3.63, 3.8) is 0 Å². The van der Waals surface area contributed by atoms with Crippen LogP contribution in [0.3, 0.4) is 0 Å². The van der Waals surface area contributed by atoms with Crippen molar-refractivity contribution in [2.24, 2.45) is 0 Å². The summed E-state index contributed by atoms with van der Waals surface area (Å²) in [5.41, 5.74) is 0. The van der Waals surface area contributed by atoms with Crippen LogP contribution < -0.4 is 5.32 Å². The van der Waals surface area contributed by atoms with E-state index in [-0.39, 0.29) is 19.1 Å². The van der Waals surface area contributed by atoms with Crippen molar-refractivity contribution >= 4 is 13.7 Å². The van der Waals surface area contributed by atoms with Crippen LogP contribution >= 0.6 is 7.82 Å². The van der Waals surface area contributed by atoms with E-state index in [9.17, 15) is 19.4 Å². The Bertz CT molecular complexity index is 1180. The summed E-state index contributed by atoms with van der Waals surface area (Å²) in [6.45, 7) is 4.78. The number of amides is 1. The fourth-order valence-electron chi connectivity index (χ4n) is 7.72. The second-order valence-corrected chi connectivity index (χ2v) is 21.0. The van der Waals surface area contributed by atoms with Crippen molar-refractivity contribution in [1.29, 1.82) is 0 Å². The number of nitrogens with zero attached hydrogens (tertiary/aromatic N) is 1. The van der Waals surface area contributed by atoms with E-state index in [0.29, 0.717) is 17.4 Å². The van der Waals surface area contributed by atoms with E-state index < -0.39 is 20.0 Å². The number of quaternary nitrogens is 1. The van der Waals surface area contributed by atoms with Crippen LogP contribution in [-0.2, 0) is 18.4 Å². The number of rotatable bonds is 49. The Morgan fingerprint density at radius 3 is 1.25 bits per heavy atom. The summed E-state index contributed by atoms with van der Waals surface area (Å²) in [7, 11) is 1.55. The summed E-state index contributed by atoms with van der Waals surface area (Å²) in [4.78, 5) is 23.2. The van der Waals surface area contributed by atoms with Crippen molar-refractivity contribution in [2.45, 2.75) is 257 Å². The van der Waals surface area contributed by atoms with Crippen molar-refractivity contribution in [2.75, 3.05) is 40.9 Å². The zero-order valence-corrected chi connectivity index (χ0v) is 43.7. The third-order valence-electron chi connectivity index (χ3n) is 12.0. The van der Waals surface area contributed by atoms with Gasteiger partial charge in [-0.05, 0) is 70.6 Å². The number of hydrogen-bond donors (Lipinski definition) is 3. The van der Waals surface area contributed by atoms with Gasteiger partial charge in [-0.3, -0.25) is 13.8 Å². The first kappa shape index (κ1) is 62.5. The molecular weight excluding hydrogens is 816 g/mol. The highest BCUT2D eigenvalue weighted by Crippen LogP contribution is 2.43. The Morgan fingerprint density at radius 1 is 0.516 bits per heavy atom. The summed E-state index contributed by atoms with van der Waals surface area (Å²) in [6, 6.07) is -0.870. The number of carbonyl (C=O) groups is 1. The Balaban J connectivity index is 4.21. The molecule has 3 atom stereocenters. The highest BCUT2D eigenvalue weighted by atomic mass is 31.2. The molecule has 0 saturated heterocycles. The fourth-order valence-corrected chi connectivity index (χ4v) is 8.45. The van der Waals surface area contributed by atoms with Gasteiger partial charge in [-0.2, -0.15) is 0 Å². The molecule has 0 radical (unpaired) electrons. The van der Waals surface area contributed by atoms with Gasteiger partial charge in [0.25, 0.3) is 0 Å². The minimum absolute atomic E-state index is 0.0529. The molecule has 0 fully saturated rings. The van der Waals surface area contributed by atoms with Crippen molar-refractivity contribution in [3.8, 4) is 0 Å². The maximum absolute atomic E-state index is 12.9. The fraction of sp³-hybridized carbons (Fsp3) is 0.836. The normalized spacial score (nSPS) is 14.4. The first-order valence-corrected chi connectivity index (χ1v) is 28.5. The van der Waals surface area contributed by atoms with Gasteiger partial charge in [0, 0.05) is 6.42 Å². The van der Waals surface area contributed by atoms with Gasteiger partial charge in [-0.1, -0.05) is 217 Å². The van der Waals surface area contributed by atoms with Crippen LogP contribution in [0.4, 0.5) is 0 Å². The van der Waals surface area contributed by atoms with Gasteiger partial charge in [-0.25, -0.2) is 4.57 Å². The van der Waals surface area contributed by atoms with Crippen LogP contribution in [0.15, 0.2) is 48.6 Å². The molecule has 0 aromatic heterocycles. The lowest BCUT2D eigenvalue weighted by molar-refractivity contribution is -0.870. The number of aliphatic hydroxyl groups is 1. The minimum Gasteiger partial charge on any atom is -0.387 e. The first-order chi connectivity index (χ1) is 31.0. The minimum atomic E-state index is -4.35. The summed E-state index contributed by atoms with van der Waals surface area (Å²) in [5, 5.41) is 13.9. The molecule has 9 heteroatoms. The molecule has 0 rings (SSSR count). The zero-order valence-electron chi connectivity index (χ0n) is 42.8. The number of phosphoric ester groups is 1. The average Bonchev–Trinajstić information content (AvgIpc) is 3.25. The lowest BCUT2D eigenvalue weighted by Gasteiger charge is -2.25. The standard InChI is InChI=1S/C55H105N2O6P/c1-6-8-10-12-14-16-18-20-22-23-24-25-26-27-28-29-30-31-32-33-35-37-39-41-43-45-47-49-55(59)56-53(52-63-64(60,61)62-51-50-57(3,4)5)54(58)48-46-44-42-40-38-36-34-21-19-17-15-13-11-9-7-2/h19,21,27-28,38,40,46,48,53-54,58H,6-18,20,22-26,29-37,39,41-45,47,49-52H2,1-5H3,(H-,56,59,60,61)/p+1/b21-19+,28-27-,40-38+,48-46+. The second-order valence-electron chi connectivity index (χ2n) is 19.6. The predicted molar refractivity (Wildman–Crippen MR) is 277 cm³/mol. The molecule has 0 aromatic rings. The SMILES string of the molecule is CCCCCCC/C=C/CC/C=C/CC/C=C/C(O)C(COP(=O)(O)OCC[N+](C)(C)C)NC(=O)CCCCCCCCCCCCC/C=C\CCCCCCCCCCCCCC. The summed E-state index contributed by atoms with van der Waals surface area (Å²) < 4.78 is 23.6. The highest BCUT2D eigenvalue weighted by Gasteiger charge is 2.27. The largest absolute Gasteiger partial charge is 0.472 e. The van der Waals surface area contributed by atoms with Gasteiger partial charge in [0.1, 0.15) is 13.2 Å². The summed E-state index contributed by atoms with van der Waals surface area (Å²) in [5.74, 6) is -0.191. The second kappa shape index (κ2) is 46.6. The Kier molecular flexibility index (Phi) is 45.4. The molecule has 0 aliphatic heterocycles. The third kappa shape index (κ3) is 48.4. The number of aliphatic hydroxyl groups excluding tert-OH is 1. The number of unbranched alkanes of at least 4 members (excludes halogenated alkanes) is 30. The smallest absolute Gasteiger partial charge is 0.387 e. The van der Waals surface area contributed by atoms with Gasteiger partial charge < -0.3 is 19.8 Å². The summed E-state index contributed by atoms with van der Waals surface area (Å²) >= 11 is 0. The molecule has 3 N–H and O–H groups in total. The van der Waals surface area contributed by atoms with E-state index >= 15 is 0 Å². The lowest BCUT2D eigenvalue weighted by Crippen LogP contribution is -2.45. The first-order valence-electron chi connectivity index (χ1n) is 27.0. The molecule has 0 aliphatic carbocycles. The Morgan fingerprint density at radius 2 is 0.859 bits per heavy atom. The van der Waals surface area contributed by atoms with Crippen LogP contribution in [0.5, 0.6) is 0 Å². The molecule has 64 heavy (non-hydrogen) atoms. The van der Waals surface area contributed by atoms with Crippen LogP contribution in [0, 0.1) is 0 Å². The van der Waals surface area contributed by atoms with Crippen LogP contribution in [0.2, 0.25) is 0 Å². The average molecular weight is 922 g/mol. The number of carbonyl (C=O) groups excluding carboxylic acids is 1. The molecule has 8 nitrogen and oxygen atoms in total. The van der Waals surface area contributed by atoms with E-state index in [2.05, 4.69) is 55.6 Å². The molecule has 0 spiro atoms. The van der Waals surface area contributed by atoms with Crippen molar-refractivity contribution in [3.05, 3.63) is 48.6 Å². The van der Waals surface area contributed by atoms with Crippen molar-refractivity contribution in [1.82, 2.24) is 5.32 Å². The molecule has 0 heterocycles. The molecule has 3 unspecified atom stereocenters. The van der Waals surface area contributed by atoms with Gasteiger partial charge in [-0.15, -0.1) is 0 Å². The van der Waals surface area contributed by atoms with E-state index in [0.717, 1.165) is 44.9 Å². The Hall–Kier alpha value is -1.54. The highest BCUT2D eigenvalue weighted by molar-refractivity contribution is 7.47. The maximum Gasteiger partial charge on any atom is 0.472 e. The number of hydrogen-bond acceptors (Lipinski definition) is 5. The quantitative estimate of drug-likeness (QED) is 0.0243. The van der Waals surface area contributed by atoms with Crippen LogP contribution in [0.1, 0.15) is 245 Å². The number of nitrogens with one attached hydrogen (secondary N) is 1. The van der Waals surface area contributed by atoms with Gasteiger partial charge >= 0.3 is 7.82 Å². The summed E-state index contributed by atoms with van der Waals surface area (Å²) in [6.07, 6.45) is 60.7. The molecule has 376 valence electrons. The maximum atomic E-state index is 12.9. The molecule has 0 bridgehead atoms. The molecule has 0 saturated carbocycles. The van der Waals surface area contributed by atoms with Crippen LogP contribution in [-0.4, -0.2) is 73.4 Å². The Labute approximate surface area is 397 Å².